The van der Waals surface area contributed by atoms with E-state index in [0.717, 1.165) is 34.1 Å². The number of rotatable bonds is 6. The van der Waals surface area contributed by atoms with Gasteiger partial charge >= 0.3 is 0 Å². The van der Waals surface area contributed by atoms with Crippen molar-refractivity contribution in [2.45, 2.75) is 19.3 Å². The van der Waals surface area contributed by atoms with Crippen LogP contribution in [0, 0.1) is 0 Å². The Morgan fingerprint density at radius 3 is 1.02 bits per heavy atom. The third-order valence-electron chi connectivity index (χ3n) is 11.1. The summed E-state index contributed by atoms with van der Waals surface area (Å²) in [7, 11) is 0. The highest BCUT2D eigenvalue weighted by Crippen LogP contribution is 2.52. The fourth-order valence-corrected chi connectivity index (χ4v) is 8.41. The maximum absolute atomic E-state index is 2.43. The van der Waals surface area contributed by atoms with Gasteiger partial charge in [-0.3, -0.25) is 0 Å². The van der Waals surface area contributed by atoms with Crippen LogP contribution in [0.4, 0.5) is 34.1 Å². The SMILES string of the molecule is CC1(C)c2cc(N(c3ccccc3)c3ccc4ccccc4c3)ccc2-c2ccc(N(c3ccc4ccccc4c3)c3ccc4ccccc4c3)cc21. The highest BCUT2D eigenvalue weighted by molar-refractivity contribution is 5.95. The standard InChI is InChI=1S/C51H38N2/c1-51(2)49-33-45(52(41-18-4-3-5-19-41)42-23-20-35-12-6-9-15-38(35)30-42)26-28-47(49)48-29-27-46(34-50(48)51)53(43-24-21-36-13-7-10-16-39(36)31-43)44-25-22-37-14-8-11-17-40(37)32-44/h3-34H,1-2H3. The van der Waals surface area contributed by atoms with E-state index in [1.54, 1.807) is 0 Å². The van der Waals surface area contributed by atoms with Crippen LogP contribution in [0.1, 0.15) is 25.0 Å². The first-order valence-electron chi connectivity index (χ1n) is 18.4. The molecule has 0 N–H and O–H groups in total. The Morgan fingerprint density at radius 2 is 0.604 bits per heavy atom. The van der Waals surface area contributed by atoms with Crippen LogP contribution >= 0.6 is 0 Å². The van der Waals surface area contributed by atoms with Gasteiger partial charge in [-0.05, 0) is 127 Å². The van der Waals surface area contributed by atoms with Gasteiger partial charge in [0.2, 0.25) is 0 Å². The van der Waals surface area contributed by atoms with Crippen LogP contribution < -0.4 is 9.80 Å². The maximum Gasteiger partial charge on any atom is 0.0468 e. The van der Waals surface area contributed by atoms with E-state index in [0.29, 0.717) is 0 Å². The molecule has 2 heteroatoms. The van der Waals surface area contributed by atoms with Crippen molar-refractivity contribution in [2.24, 2.45) is 0 Å². The Hall–Kier alpha value is -6.64. The molecule has 0 amide bonds. The number of fused-ring (bicyclic) bond motifs is 6. The molecule has 9 aromatic carbocycles. The van der Waals surface area contributed by atoms with Gasteiger partial charge in [0.1, 0.15) is 0 Å². The third kappa shape index (κ3) is 5.26. The minimum absolute atomic E-state index is 0.221. The number of benzene rings is 9. The second kappa shape index (κ2) is 12.3. The number of hydrogen-bond donors (Lipinski definition) is 0. The molecule has 0 aliphatic heterocycles. The second-order valence-electron chi connectivity index (χ2n) is 14.7. The molecule has 0 fully saturated rings. The first kappa shape index (κ1) is 31.1. The Kier molecular flexibility index (Phi) is 7.19. The fourth-order valence-electron chi connectivity index (χ4n) is 8.41. The highest BCUT2D eigenvalue weighted by atomic mass is 15.1. The van der Waals surface area contributed by atoms with Crippen molar-refractivity contribution in [2.75, 3.05) is 9.80 Å². The van der Waals surface area contributed by atoms with Gasteiger partial charge in [0.15, 0.2) is 0 Å². The van der Waals surface area contributed by atoms with E-state index in [4.69, 9.17) is 0 Å². The number of para-hydroxylation sites is 1. The lowest BCUT2D eigenvalue weighted by molar-refractivity contribution is 0.660. The molecule has 2 nitrogen and oxygen atoms in total. The monoisotopic (exact) mass is 678 g/mol. The van der Waals surface area contributed by atoms with Crippen LogP contribution in [0.3, 0.4) is 0 Å². The first-order chi connectivity index (χ1) is 26.0. The highest BCUT2D eigenvalue weighted by Gasteiger charge is 2.37. The Morgan fingerprint density at radius 1 is 0.283 bits per heavy atom. The van der Waals surface area contributed by atoms with Crippen molar-refractivity contribution >= 4 is 66.4 Å². The molecule has 0 saturated heterocycles. The van der Waals surface area contributed by atoms with Gasteiger partial charge in [-0.15, -0.1) is 0 Å². The minimum atomic E-state index is -0.221. The molecule has 0 aromatic heterocycles. The van der Waals surface area contributed by atoms with E-state index in [9.17, 15) is 0 Å². The molecule has 252 valence electrons. The van der Waals surface area contributed by atoms with Gasteiger partial charge in [-0.2, -0.15) is 0 Å². The Balaban J connectivity index is 1.10. The number of nitrogens with zero attached hydrogens (tertiary/aromatic N) is 2. The molecule has 0 spiro atoms. The summed E-state index contributed by atoms with van der Waals surface area (Å²) < 4.78 is 0. The smallest absolute Gasteiger partial charge is 0.0468 e. The van der Waals surface area contributed by atoms with Gasteiger partial charge < -0.3 is 9.80 Å². The zero-order chi connectivity index (χ0) is 35.5. The van der Waals surface area contributed by atoms with E-state index in [1.165, 1.54) is 54.6 Å². The van der Waals surface area contributed by atoms with Crippen molar-refractivity contribution in [3.8, 4) is 11.1 Å². The fraction of sp³-hybridized carbons (Fsp3) is 0.0588. The molecule has 10 rings (SSSR count). The zero-order valence-corrected chi connectivity index (χ0v) is 29.9. The van der Waals surface area contributed by atoms with Gasteiger partial charge in [0.05, 0.1) is 0 Å². The lowest BCUT2D eigenvalue weighted by atomic mass is 9.82. The molecular formula is C51H38N2. The predicted octanol–water partition coefficient (Wildman–Crippen LogP) is 14.4. The van der Waals surface area contributed by atoms with Crippen LogP contribution in [0.5, 0.6) is 0 Å². The molecule has 0 atom stereocenters. The van der Waals surface area contributed by atoms with E-state index in [1.807, 2.05) is 0 Å². The molecular weight excluding hydrogens is 641 g/mol. The minimum Gasteiger partial charge on any atom is -0.310 e. The third-order valence-corrected chi connectivity index (χ3v) is 11.1. The molecule has 1 aliphatic carbocycles. The summed E-state index contributed by atoms with van der Waals surface area (Å²) in [6.07, 6.45) is 0. The largest absolute Gasteiger partial charge is 0.310 e. The lowest BCUT2D eigenvalue weighted by Gasteiger charge is -2.29. The van der Waals surface area contributed by atoms with Crippen molar-refractivity contribution < 1.29 is 0 Å². The van der Waals surface area contributed by atoms with Crippen molar-refractivity contribution in [3.05, 3.63) is 205 Å². The van der Waals surface area contributed by atoms with Crippen molar-refractivity contribution in [1.82, 2.24) is 0 Å². The molecule has 0 bridgehead atoms. The molecule has 1 aliphatic rings. The lowest BCUT2D eigenvalue weighted by Crippen LogP contribution is -2.17. The molecule has 0 heterocycles. The van der Waals surface area contributed by atoms with Gasteiger partial charge in [-0.25, -0.2) is 0 Å². The quantitative estimate of drug-likeness (QED) is 0.173. The average molecular weight is 679 g/mol. The van der Waals surface area contributed by atoms with Gasteiger partial charge in [0, 0.05) is 39.5 Å². The van der Waals surface area contributed by atoms with Gasteiger partial charge in [-0.1, -0.05) is 135 Å². The van der Waals surface area contributed by atoms with Crippen LogP contribution in [-0.2, 0) is 5.41 Å². The van der Waals surface area contributed by atoms with E-state index in [-0.39, 0.29) is 5.41 Å². The molecule has 0 saturated carbocycles. The van der Waals surface area contributed by atoms with E-state index < -0.39 is 0 Å². The van der Waals surface area contributed by atoms with Crippen molar-refractivity contribution in [1.29, 1.82) is 0 Å². The topological polar surface area (TPSA) is 6.48 Å². The Bertz CT molecular complexity index is 2750. The Labute approximate surface area is 310 Å². The first-order valence-corrected chi connectivity index (χ1v) is 18.4. The average Bonchev–Trinajstić information content (AvgIpc) is 3.43. The molecule has 53 heavy (non-hydrogen) atoms. The summed E-state index contributed by atoms with van der Waals surface area (Å²) in [5.41, 5.74) is 11.9. The maximum atomic E-state index is 2.43. The molecule has 0 unspecified atom stereocenters. The van der Waals surface area contributed by atoms with Crippen molar-refractivity contribution in [3.63, 3.8) is 0 Å². The number of hydrogen-bond acceptors (Lipinski definition) is 2. The number of anilines is 6. The molecule has 9 aromatic rings. The summed E-state index contributed by atoms with van der Waals surface area (Å²) in [6, 6.07) is 71.0. The van der Waals surface area contributed by atoms with Crippen LogP contribution in [0.15, 0.2) is 194 Å². The normalized spacial score (nSPS) is 12.9. The summed E-state index contributed by atoms with van der Waals surface area (Å²) in [5, 5.41) is 7.41. The van der Waals surface area contributed by atoms with Gasteiger partial charge in [0.25, 0.3) is 0 Å². The van der Waals surface area contributed by atoms with Crippen LogP contribution in [0.2, 0.25) is 0 Å². The summed E-state index contributed by atoms with van der Waals surface area (Å²) in [4.78, 5) is 4.80. The van der Waals surface area contributed by atoms with Crippen LogP contribution in [-0.4, -0.2) is 0 Å². The zero-order valence-electron chi connectivity index (χ0n) is 29.9. The summed E-state index contributed by atoms with van der Waals surface area (Å²) in [6.45, 7) is 4.76. The summed E-state index contributed by atoms with van der Waals surface area (Å²) >= 11 is 0. The summed E-state index contributed by atoms with van der Waals surface area (Å²) in [5.74, 6) is 0. The van der Waals surface area contributed by atoms with E-state index in [2.05, 4.69) is 218 Å². The predicted molar refractivity (Wildman–Crippen MR) is 226 cm³/mol. The molecule has 0 radical (unpaired) electrons. The van der Waals surface area contributed by atoms with E-state index >= 15 is 0 Å². The second-order valence-corrected chi connectivity index (χ2v) is 14.7. The van der Waals surface area contributed by atoms with Crippen LogP contribution in [0.25, 0.3) is 43.4 Å².